The van der Waals surface area contributed by atoms with Crippen molar-refractivity contribution >= 4 is 22.9 Å². The maximum absolute atomic E-state index is 14.3. The molecule has 1 aromatic carbocycles. The van der Waals surface area contributed by atoms with Crippen LogP contribution in [-0.4, -0.2) is 24.5 Å². The van der Waals surface area contributed by atoms with Crippen molar-refractivity contribution in [3.63, 3.8) is 0 Å². The van der Waals surface area contributed by atoms with Crippen LogP contribution in [0.3, 0.4) is 0 Å². The Morgan fingerprint density at radius 1 is 1.23 bits per heavy atom. The van der Waals surface area contributed by atoms with E-state index in [1.165, 1.54) is 23.8 Å². The maximum atomic E-state index is 14.3. The molecule has 1 unspecified atom stereocenters. The highest BCUT2D eigenvalue weighted by Gasteiger charge is 2.27. The van der Waals surface area contributed by atoms with E-state index in [0.29, 0.717) is 17.1 Å². The molecule has 1 saturated heterocycles. The summed E-state index contributed by atoms with van der Waals surface area (Å²) in [5.74, 6) is -0.206. The van der Waals surface area contributed by atoms with Crippen molar-refractivity contribution < 1.29 is 4.39 Å². The predicted octanol–water partition coefficient (Wildman–Crippen LogP) is 4.47. The van der Waals surface area contributed by atoms with Crippen LogP contribution in [0.2, 0.25) is 5.02 Å². The summed E-state index contributed by atoms with van der Waals surface area (Å²) < 4.78 is 14.3. The third-order valence-electron chi connectivity index (χ3n) is 4.13. The number of nitrogens with one attached hydrogen (secondary N) is 1. The van der Waals surface area contributed by atoms with E-state index in [1.54, 1.807) is 23.5 Å². The van der Waals surface area contributed by atoms with Gasteiger partial charge in [0.25, 0.3) is 0 Å². The van der Waals surface area contributed by atoms with Gasteiger partial charge in [0, 0.05) is 28.6 Å². The first kappa shape index (κ1) is 15.9. The largest absolute Gasteiger partial charge is 0.310 e. The average Bonchev–Trinajstić information content (AvgIpc) is 3.19. The summed E-state index contributed by atoms with van der Waals surface area (Å²) in [5, 5.41) is 6.06. The Hall–Kier alpha value is -0.940. The Morgan fingerprint density at radius 3 is 2.73 bits per heavy atom. The fourth-order valence-electron chi connectivity index (χ4n) is 3.04. The lowest BCUT2D eigenvalue weighted by molar-refractivity contribution is 0.233. The first-order valence-corrected chi connectivity index (χ1v) is 8.92. The lowest BCUT2D eigenvalue weighted by Crippen LogP contribution is -2.34. The minimum Gasteiger partial charge on any atom is -0.310 e. The van der Waals surface area contributed by atoms with Gasteiger partial charge in [-0.05, 0) is 49.5 Å². The van der Waals surface area contributed by atoms with Crippen molar-refractivity contribution in [1.82, 2.24) is 10.2 Å². The average molecular weight is 339 g/mol. The van der Waals surface area contributed by atoms with Crippen LogP contribution < -0.4 is 5.32 Å². The van der Waals surface area contributed by atoms with Crippen molar-refractivity contribution in [1.29, 1.82) is 0 Å². The van der Waals surface area contributed by atoms with E-state index in [2.05, 4.69) is 21.7 Å². The van der Waals surface area contributed by atoms with Crippen molar-refractivity contribution in [2.24, 2.45) is 0 Å². The Labute approximate surface area is 139 Å². The fraction of sp³-hybridized carbons (Fsp3) is 0.412. The van der Waals surface area contributed by atoms with Crippen LogP contribution in [0.1, 0.15) is 29.3 Å². The number of benzene rings is 1. The molecule has 0 spiro atoms. The first-order valence-electron chi connectivity index (χ1n) is 7.67. The van der Waals surface area contributed by atoms with Crippen LogP contribution in [0.25, 0.3) is 0 Å². The van der Waals surface area contributed by atoms with E-state index in [9.17, 15) is 4.39 Å². The molecule has 1 N–H and O–H groups in total. The molecular formula is C17H20ClFN2S. The van der Waals surface area contributed by atoms with E-state index in [4.69, 9.17) is 11.6 Å². The van der Waals surface area contributed by atoms with Crippen LogP contribution in [0, 0.1) is 5.82 Å². The highest BCUT2D eigenvalue weighted by molar-refractivity contribution is 7.09. The molecule has 0 amide bonds. The number of nitrogens with zero attached hydrogens (tertiary/aromatic N) is 1. The minimum atomic E-state index is -0.206. The second-order valence-corrected chi connectivity index (χ2v) is 7.04. The Morgan fingerprint density at radius 2 is 2.05 bits per heavy atom. The molecule has 0 radical (unpaired) electrons. The van der Waals surface area contributed by atoms with Gasteiger partial charge in [-0.2, -0.15) is 0 Å². The third-order valence-corrected chi connectivity index (χ3v) is 5.34. The maximum Gasteiger partial charge on any atom is 0.129 e. The number of hydrogen-bond donors (Lipinski definition) is 1. The summed E-state index contributed by atoms with van der Waals surface area (Å²) in [5.41, 5.74) is 0.629. The third kappa shape index (κ3) is 3.69. The Balaban J connectivity index is 1.75. The molecule has 22 heavy (non-hydrogen) atoms. The number of halogens is 2. The summed E-state index contributed by atoms with van der Waals surface area (Å²) in [6.07, 6.45) is 2.35. The van der Waals surface area contributed by atoms with Gasteiger partial charge in [-0.3, -0.25) is 4.90 Å². The van der Waals surface area contributed by atoms with Gasteiger partial charge in [0.15, 0.2) is 0 Å². The number of hydrogen-bond acceptors (Lipinski definition) is 3. The lowest BCUT2D eigenvalue weighted by atomic mass is 10.0. The molecule has 2 nitrogen and oxygen atoms in total. The molecule has 1 aliphatic rings. The van der Waals surface area contributed by atoms with E-state index >= 15 is 0 Å². The summed E-state index contributed by atoms with van der Waals surface area (Å²) >= 11 is 8.02. The molecule has 5 heteroatoms. The van der Waals surface area contributed by atoms with Crippen molar-refractivity contribution in [2.75, 3.05) is 19.6 Å². The second kappa shape index (κ2) is 7.55. The zero-order chi connectivity index (χ0) is 15.4. The molecule has 2 heterocycles. The molecule has 1 aliphatic heterocycles. The van der Waals surface area contributed by atoms with E-state index < -0.39 is 0 Å². The van der Waals surface area contributed by atoms with Gasteiger partial charge in [-0.1, -0.05) is 23.7 Å². The fourth-order valence-corrected chi connectivity index (χ4v) is 4.00. The molecular weight excluding hydrogens is 319 g/mol. The molecule has 2 aromatic rings. The smallest absolute Gasteiger partial charge is 0.129 e. The van der Waals surface area contributed by atoms with E-state index in [0.717, 1.165) is 19.6 Å². The van der Waals surface area contributed by atoms with Crippen molar-refractivity contribution in [3.05, 3.63) is 57.0 Å². The highest BCUT2D eigenvalue weighted by Crippen LogP contribution is 2.32. The van der Waals surface area contributed by atoms with Gasteiger partial charge in [0.1, 0.15) is 5.82 Å². The van der Waals surface area contributed by atoms with E-state index in [1.807, 2.05) is 6.07 Å². The lowest BCUT2D eigenvalue weighted by Gasteiger charge is -2.29. The number of thiophene rings is 1. The van der Waals surface area contributed by atoms with Gasteiger partial charge >= 0.3 is 0 Å². The van der Waals surface area contributed by atoms with Gasteiger partial charge in [-0.25, -0.2) is 4.39 Å². The summed E-state index contributed by atoms with van der Waals surface area (Å²) in [7, 11) is 0. The monoisotopic (exact) mass is 338 g/mol. The first-order chi connectivity index (χ1) is 10.8. The van der Waals surface area contributed by atoms with E-state index in [-0.39, 0.29) is 11.9 Å². The molecule has 0 saturated carbocycles. The van der Waals surface area contributed by atoms with Gasteiger partial charge in [0.05, 0.1) is 6.04 Å². The molecule has 3 rings (SSSR count). The highest BCUT2D eigenvalue weighted by atomic mass is 35.5. The summed E-state index contributed by atoms with van der Waals surface area (Å²) in [4.78, 5) is 3.63. The van der Waals surface area contributed by atoms with Crippen LogP contribution in [0.4, 0.5) is 4.39 Å². The predicted molar refractivity (Wildman–Crippen MR) is 91.0 cm³/mol. The summed E-state index contributed by atoms with van der Waals surface area (Å²) in [6.45, 7) is 3.54. The second-order valence-electron chi connectivity index (χ2n) is 5.60. The SMILES string of the molecule is Fc1cccc(Cl)c1C(CNCc1cccs1)N1CCCC1. The topological polar surface area (TPSA) is 15.3 Å². The molecule has 1 fully saturated rings. The normalized spacial score (nSPS) is 17.0. The Bertz CT molecular complexity index is 576. The number of likely N-dealkylation sites (tertiary alicyclic amines) is 1. The van der Waals surface area contributed by atoms with Crippen molar-refractivity contribution in [3.8, 4) is 0 Å². The van der Waals surface area contributed by atoms with Crippen molar-refractivity contribution in [2.45, 2.75) is 25.4 Å². The zero-order valence-electron chi connectivity index (χ0n) is 12.4. The van der Waals surface area contributed by atoms with Gasteiger partial charge < -0.3 is 5.32 Å². The standard InChI is InChI=1S/C17H20ClFN2S/c18-14-6-3-7-15(19)17(14)16(21-8-1-2-9-21)12-20-11-13-5-4-10-22-13/h3-7,10,16,20H,1-2,8-9,11-12H2. The zero-order valence-corrected chi connectivity index (χ0v) is 14.0. The van der Waals surface area contributed by atoms with Crippen LogP contribution in [0.15, 0.2) is 35.7 Å². The summed E-state index contributed by atoms with van der Waals surface area (Å²) in [6, 6.07) is 9.11. The molecule has 1 atom stereocenters. The molecule has 0 aliphatic carbocycles. The quantitative estimate of drug-likeness (QED) is 0.836. The van der Waals surface area contributed by atoms with Gasteiger partial charge in [0.2, 0.25) is 0 Å². The molecule has 0 bridgehead atoms. The number of rotatable bonds is 6. The molecule has 1 aromatic heterocycles. The van der Waals surface area contributed by atoms with Crippen LogP contribution >= 0.6 is 22.9 Å². The van der Waals surface area contributed by atoms with Gasteiger partial charge in [-0.15, -0.1) is 11.3 Å². The molecule has 118 valence electrons. The van der Waals surface area contributed by atoms with Crippen LogP contribution in [-0.2, 0) is 6.54 Å². The van der Waals surface area contributed by atoms with Crippen LogP contribution in [0.5, 0.6) is 0 Å². The minimum absolute atomic E-state index is 0.00355. The Kier molecular flexibility index (Phi) is 5.47.